The number of carbonyl (C=O) groups is 1. The molecule has 0 fully saturated rings. The number of benzene rings is 1. The van der Waals surface area contributed by atoms with Crippen LogP contribution < -0.4 is 10.1 Å². The number of carbonyl (C=O) groups excluding carboxylic acids is 1. The van der Waals surface area contributed by atoms with Crippen LogP contribution in [0.15, 0.2) is 30.3 Å². The molecule has 2 N–H and O–H groups in total. The predicted octanol–water partition coefficient (Wildman–Crippen LogP) is 4.37. The monoisotopic (exact) mass is 515 g/mol. The SMILES string of the molecule is COc1nc2nc(C)nc(NC(C)c3cccc(C(F)(F)CO)c3F)c2cc1C1=CCN(C(C)=O)CC1. The van der Waals surface area contributed by atoms with Crippen LogP contribution >= 0.6 is 0 Å². The number of aromatic nitrogens is 3. The lowest BCUT2D eigenvalue weighted by molar-refractivity contribution is -0.128. The van der Waals surface area contributed by atoms with E-state index in [1.807, 2.05) is 12.1 Å². The molecular weight excluding hydrogens is 487 g/mol. The van der Waals surface area contributed by atoms with Gasteiger partial charge in [-0.15, -0.1) is 0 Å². The third-order valence-corrected chi connectivity index (χ3v) is 6.40. The maximum absolute atomic E-state index is 15.1. The highest BCUT2D eigenvalue weighted by atomic mass is 19.3. The van der Waals surface area contributed by atoms with E-state index < -0.39 is 30.0 Å². The van der Waals surface area contributed by atoms with Crippen molar-refractivity contribution in [3.63, 3.8) is 0 Å². The predicted molar refractivity (Wildman–Crippen MR) is 133 cm³/mol. The summed E-state index contributed by atoms with van der Waals surface area (Å²) >= 11 is 0. The van der Waals surface area contributed by atoms with Crippen LogP contribution in [-0.4, -0.2) is 57.7 Å². The van der Waals surface area contributed by atoms with Gasteiger partial charge in [0.1, 0.15) is 24.1 Å². The molecule has 0 spiro atoms. The molecule has 11 heteroatoms. The highest BCUT2D eigenvalue weighted by Gasteiger charge is 2.35. The van der Waals surface area contributed by atoms with Gasteiger partial charge in [-0.3, -0.25) is 4.79 Å². The molecule has 1 aromatic carbocycles. The summed E-state index contributed by atoms with van der Waals surface area (Å²) in [6, 6.07) is 4.76. The lowest BCUT2D eigenvalue weighted by Gasteiger charge is -2.26. The molecular formula is C26H28F3N5O3. The van der Waals surface area contributed by atoms with E-state index in [1.54, 1.807) is 18.7 Å². The average molecular weight is 516 g/mol. The molecule has 4 rings (SSSR count). The van der Waals surface area contributed by atoms with E-state index in [0.717, 1.165) is 17.2 Å². The number of rotatable bonds is 7. The number of aliphatic hydroxyl groups excluding tert-OH is 1. The smallest absolute Gasteiger partial charge is 0.298 e. The van der Waals surface area contributed by atoms with E-state index in [9.17, 15) is 13.6 Å². The summed E-state index contributed by atoms with van der Waals surface area (Å²) < 4.78 is 48.7. The Balaban J connectivity index is 1.75. The standard InChI is InChI=1S/C26H28F3N5O3/c1-14(18-6-5-7-21(22(18)27)26(28,29)13-35)30-23-20-12-19(17-8-10-34(11-9-17)16(3)36)25(37-4)33-24(20)32-15(2)31-23/h5-8,12,14,35H,9-11,13H2,1-4H3,(H,30,31,32,33). The van der Waals surface area contributed by atoms with E-state index in [2.05, 4.69) is 20.3 Å². The van der Waals surface area contributed by atoms with Crippen LogP contribution in [0.4, 0.5) is 19.0 Å². The molecule has 2 aromatic heterocycles. The maximum Gasteiger partial charge on any atom is 0.298 e. The van der Waals surface area contributed by atoms with Crippen LogP contribution in [0.3, 0.4) is 0 Å². The highest BCUT2D eigenvalue weighted by Crippen LogP contribution is 2.36. The van der Waals surface area contributed by atoms with Crippen molar-refractivity contribution in [1.29, 1.82) is 0 Å². The Morgan fingerprint density at radius 1 is 1.30 bits per heavy atom. The van der Waals surface area contributed by atoms with Gasteiger partial charge in [-0.1, -0.05) is 18.2 Å². The number of ether oxygens (including phenoxy) is 1. The van der Waals surface area contributed by atoms with Gasteiger partial charge in [-0.25, -0.2) is 14.4 Å². The summed E-state index contributed by atoms with van der Waals surface area (Å²) in [6.45, 7) is 4.36. The van der Waals surface area contributed by atoms with Gasteiger partial charge in [0.25, 0.3) is 5.92 Å². The van der Waals surface area contributed by atoms with Crippen molar-refractivity contribution >= 4 is 28.3 Å². The number of halogens is 3. The van der Waals surface area contributed by atoms with Crippen molar-refractivity contribution in [2.45, 2.75) is 39.2 Å². The number of fused-ring (bicyclic) bond motifs is 1. The fourth-order valence-electron chi connectivity index (χ4n) is 4.38. The lowest BCUT2D eigenvalue weighted by atomic mass is 9.99. The number of hydrogen-bond acceptors (Lipinski definition) is 7. The van der Waals surface area contributed by atoms with Gasteiger partial charge in [-0.2, -0.15) is 13.8 Å². The zero-order chi connectivity index (χ0) is 26.9. The fourth-order valence-corrected chi connectivity index (χ4v) is 4.38. The van der Waals surface area contributed by atoms with Crippen LogP contribution in [0.2, 0.25) is 0 Å². The molecule has 3 heterocycles. The second-order valence-electron chi connectivity index (χ2n) is 8.92. The first kappa shape index (κ1) is 26.3. The van der Waals surface area contributed by atoms with Gasteiger partial charge in [0.15, 0.2) is 5.65 Å². The van der Waals surface area contributed by atoms with Gasteiger partial charge < -0.3 is 20.1 Å². The average Bonchev–Trinajstić information content (AvgIpc) is 2.87. The maximum atomic E-state index is 15.1. The van der Waals surface area contributed by atoms with E-state index in [4.69, 9.17) is 9.84 Å². The zero-order valence-corrected chi connectivity index (χ0v) is 21.0. The third kappa shape index (κ3) is 5.22. The minimum Gasteiger partial charge on any atom is -0.481 e. The molecule has 1 amide bonds. The minimum atomic E-state index is -3.71. The molecule has 1 unspecified atom stereocenters. The first-order valence-electron chi connectivity index (χ1n) is 11.8. The molecule has 1 aliphatic heterocycles. The first-order chi connectivity index (χ1) is 17.6. The minimum absolute atomic E-state index is 0.00342. The number of amides is 1. The summed E-state index contributed by atoms with van der Waals surface area (Å²) in [4.78, 5) is 26.9. The highest BCUT2D eigenvalue weighted by molar-refractivity contribution is 5.91. The molecule has 37 heavy (non-hydrogen) atoms. The second kappa shape index (κ2) is 10.3. The summed E-state index contributed by atoms with van der Waals surface area (Å²) in [7, 11) is 1.51. The van der Waals surface area contributed by atoms with E-state index in [0.29, 0.717) is 48.1 Å². The number of hydrogen-bond donors (Lipinski definition) is 2. The van der Waals surface area contributed by atoms with E-state index in [1.165, 1.54) is 26.2 Å². The quantitative estimate of drug-likeness (QED) is 0.482. The Morgan fingerprint density at radius 2 is 2.05 bits per heavy atom. The molecule has 3 aromatic rings. The van der Waals surface area contributed by atoms with Gasteiger partial charge >= 0.3 is 0 Å². The van der Waals surface area contributed by atoms with Crippen LogP contribution in [0, 0.1) is 12.7 Å². The molecule has 1 atom stereocenters. The van der Waals surface area contributed by atoms with Crippen LogP contribution in [-0.2, 0) is 10.7 Å². The Bertz CT molecular complexity index is 1380. The van der Waals surface area contributed by atoms with E-state index >= 15 is 4.39 Å². The Labute approximate surface area is 212 Å². The summed E-state index contributed by atoms with van der Waals surface area (Å²) in [5.41, 5.74) is 1.15. The number of anilines is 1. The Hall–Kier alpha value is -3.73. The Morgan fingerprint density at radius 3 is 2.68 bits per heavy atom. The van der Waals surface area contributed by atoms with Crippen LogP contribution in [0.5, 0.6) is 5.88 Å². The number of alkyl halides is 2. The van der Waals surface area contributed by atoms with Crippen molar-refractivity contribution < 1.29 is 27.8 Å². The Kier molecular flexibility index (Phi) is 7.35. The number of aryl methyl sites for hydroxylation is 1. The van der Waals surface area contributed by atoms with Gasteiger partial charge in [0.2, 0.25) is 11.8 Å². The van der Waals surface area contributed by atoms with Crippen molar-refractivity contribution in [1.82, 2.24) is 19.9 Å². The topological polar surface area (TPSA) is 100 Å². The third-order valence-electron chi connectivity index (χ3n) is 6.40. The number of nitrogens with one attached hydrogen (secondary N) is 1. The van der Waals surface area contributed by atoms with Crippen molar-refractivity contribution in [3.8, 4) is 5.88 Å². The molecule has 0 saturated carbocycles. The second-order valence-corrected chi connectivity index (χ2v) is 8.92. The van der Waals surface area contributed by atoms with Crippen LogP contribution in [0.25, 0.3) is 16.6 Å². The van der Waals surface area contributed by atoms with Crippen molar-refractivity contribution in [2.75, 3.05) is 32.1 Å². The van der Waals surface area contributed by atoms with Crippen molar-refractivity contribution in [3.05, 3.63) is 58.7 Å². The molecule has 196 valence electrons. The van der Waals surface area contributed by atoms with E-state index in [-0.39, 0.29) is 11.5 Å². The lowest BCUT2D eigenvalue weighted by Crippen LogP contribution is -2.32. The summed E-state index contributed by atoms with van der Waals surface area (Å²) in [6.07, 6.45) is 2.55. The molecule has 0 aliphatic carbocycles. The number of nitrogens with zero attached hydrogens (tertiary/aromatic N) is 4. The van der Waals surface area contributed by atoms with Gasteiger partial charge in [0.05, 0.1) is 24.1 Å². The molecule has 0 saturated heterocycles. The summed E-state index contributed by atoms with van der Waals surface area (Å²) in [5, 5.41) is 12.7. The molecule has 8 nitrogen and oxygen atoms in total. The molecule has 0 bridgehead atoms. The van der Waals surface area contributed by atoms with Gasteiger partial charge in [-0.05, 0) is 38.0 Å². The van der Waals surface area contributed by atoms with Gasteiger partial charge in [0, 0.05) is 31.1 Å². The fraction of sp³-hybridized carbons (Fsp3) is 0.385. The number of methoxy groups -OCH3 is 1. The molecule has 1 aliphatic rings. The summed E-state index contributed by atoms with van der Waals surface area (Å²) in [5.74, 6) is -3.68. The van der Waals surface area contributed by atoms with Crippen molar-refractivity contribution in [2.24, 2.45) is 0 Å². The molecule has 0 radical (unpaired) electrons. The zero-order valence-electron chi connectivity index (χ0n) is 21.0. The number of pyridine rings is 1. The largest absolute Gasteiger partial charge is 0.481 e. The number of aliphatic hydroxyl groups is 1. The van der Waals surface area contributed by atoms with Crippen LogP contribution in [0.1, 0.15) is 48.8 Å². The first-order valence-corrected chi connectivity index (χ1v) is 11.8. The normalized spacial score (nSPS) is 14.9.